The maximum absolute atomic E-state index is 13.6. The summed E-state index contributed by atoms with van der Waals surface area (Å²) < 4.78 is 40.8. The van der Waals surface area contributed by atoms with Gasteiger partial charge in [0.2, 0.25) is 0 Å². The van der Waals surface area contributed by atoms with Crippen LogP contribution in [0.25, 0.3) is 21.5 Å². The summed E-state index contributed by atoms with van der Waals surface area (Å²) in [4.78, 5) is 29.1. The predicted octanol–water partition coefficient (Wildman–Crippen LogP) is 6.25. The highest BCUT2D eigenvalue weighted by Gasteiger charge is 2.35. The minimum atomic E-state index is -4.56. The third-order valence-corrected chi connectivity index (χ3v) is 8.57. The number of benzene rings is 3. The number of thiazole rings is 1. The molecule has 3 aromatic carbocycles. The zero-order valence-electron chi connectivity index (χ0n) is 22.4. The molecule has 1 saturated heterocycles. The molecule has 42 heavy (non-hydrogen) atoms. The van der Waals surface area contributed by atoms with E-state index in [0.29, 0.717) is 31.1 Å². The molecule has 2 aliphatic heterocycles. The number of nitrogens with zero attached hydrogens (tertiary/aromatic N) is 5. The van der Waals surface area contributed by atoms with E-state index in [9.17, 15) is 18.0 Å². The topological polar surface area (TPSA) is 74.2 Å². The summed E-state index contributed by atoms with van der Waals surface area (Å²) in [7, 11) is 0. The van der Waals surface area contributed by atoms with E-state index in [-0.39, 0.29) is 17.5 Å². The third-order valence-electron chi connectivity index (χ3n) is 7.80. The van der Waals surface area contributed by atoms with Crippen molar-refractivity contribution >= 4 is 39.5 Å². The van der Waals surface area contributed by atoms with Crippen molar-refractivity contribution in [3.8, 4) is 10.7 Å². The van der Waals surface area contributed by atoms with Gasteiger partial charge < -0.3 is 10.2 Å². The minimum Gasteiger partial charge on any atom is -0.354 e. The summed E-state index contributed by atoms with van der Waals surface area (Å²) in [5.74, 6) is 0.279. The molecule has 2 aromatic heterocycles. The van der Waals surface area contributed by atoms with Gasteiger partial charge in [-0.15, -0.1) is 11.3 Å². The molecule has 1 N–H and O–H groups in total. The molecule has 0 atom stereocenters. The van der Waals surface area contributed by atoms with Crippen molar-refractivity contribution in [3.63, 3.8) is 0 Å². The summed E-state index contributed by atoms with van der Waals surface area (Å²) >= 11 is 1.21. The van der Waals surface area contributed by atoms with E-state index in [2.05, 4.69) is 61.6 Å². The van der Waals surface area contributed by atoms with Crippen molar-refractivity contribution < 1.29 is 18.0 Å². The number of anilines is 2. The average molecular weight is 587 g/mol. The van der Waals surface area contributed by atoms with Gasteiger partial charge in [-0.05, 0) is 40.6 Å². The van der Waals surface area contributed by atoms with Crippen LogP contribution >= 0.6 is 11.3 Å². The van der Waals surface area contributed by atoms with Gasteiger partial charge in [0.15, 0.2) is 11.5 Å². The maximum atomic E-state index is 13.6. The normalized spacial score (nSPS) is 15.4. The lowest BCUT2D eigenvalue weighted by atomic mass is 9.95. The molecule has 7 nitrogen and oxygen atoms in total. The Labute approximate surface area is 243 Å². The van der Waals surface area contributed by atoms with E-state index in [1.807, 2.05) is 23.1 Å². The highest BCUT2D eigenvalue weighted by molar-refractivity contribution is 7.13. The second-order valence-corrected chi connectivity index (χ2v) is 11.4. The fraction of sp³-hybridized carbons (Fsp3) is 0.226. The highest BCUT2D eigenvalue weighted by atomic mass is 32.1. The molecule has 0 spiro atoms. The molecule has 0 aliphatic carbocycles. The quantitative estimate of drug-likeness (QED) is 0.254. The van der Waals surface area contributed by atoms with Crippen molar-refractivity contribution in [2.45, 2.75) is 19.1 Å². The van der Waals surface area contributed by atoms with Gasteiger partial charge in [0, 0.05) is 61.6 Å². The molecular weight excluding hydrogens is 561 g/mol. The van der Waals surface area contributed by atoms with Crippen LogP contribution in [0.4, 0.5) is 24.7 Å². The van der Waals surface area contributed by atoms with Crippen molar-refractivity contribution in [1.82, 2.24) is 19.9 Å². The van der Waals surface area contributed by atoms with Crippen LogP contribution in [0.1, 0.15) is 32.7 Å². The Kier molecular flexibility index (Phi) is 6.63. The molecule has 212 valence electrons. The van der Waals surface area contributed by atoms with Crippen LogP contribution in [0.2, 0.25) is 0 Å². The smallest absolute Gasteiger partial charge is 0.354 e. The first-order valence-corrected chi connectivity index (χ1v) is 14.5. The molecule has 11 heteroatoms. The van der Waals surface area contributed by atoms with E-state index in [4.69, 9.17) is 0 Å². The molecule has 0 saturated carbocycles. The Hall–Kier alpha value is -4.35. The first-order chi connectivity index (χ1) is 20.3. The number of carbonyl (C=O) groups is 1. The number of piperazine rings is 1. The van der Waals surface area contributed by atoms with Gasteiger partial charge in [-0.3, -0.25) is 14.7 Å². The lowest BCUT2D eigenvalue weighted by Gasteiger charge is -2.35. The van der Waals surface area contributed by atoms with Crippen molar-refractivity contribution in [2.24, 2.45) is 0 Å². The molecule has 4 heterocycles. The molecule has 1 amide bonds. The molecular formula is C31H25F3N6OS. The SMILES string of the molecule is O=C1Nc2ccc(Cc3ccc(CN4CCN(c5cc(C(F)(F)F)nc(-c6cncs6)n5)CC4)cc3)c3cccc1c23. The minimum absolute atomic E-state index is 0.0482. The van der Waals surface area contributed by atoms with Crippen LogP contribution in [-0.2, 0) is 19.1 Å². The van der Waals surface area contributed by atoms with Gasteiger partial charge in [0.1, 0.15) is 5.82 Å². The predicted molar refractivity (Wildman–Crippen MR) is 157 cm³/mol. The highest BCUT2D eigenvalue weighted by Crippen LogP contribution is 2.36. The Morgan fingerprint density at radius 3 is 2.45 bits per heavy atom. The number of halogens is 3. The van der Waals surface area contributed by atoms with Gasteiger partial charge >= 0.3 is 6.18 Å². The zero-order valence-corrected chi connectivity index (χ0v) is 23.2. The van der Waals surface area contributed by atoms with Gasteiger partial charge in [-0.2, -0.15) is 13.2 Å². The fourth-order valence-corrected chi connectivity index (χ4v) is 6.21. The number of rotatable bonds is 6. The van der Waals surface area contributed by atoms with E-state index < -0.39 is 11.9 Å². The third kappa shape index (κ3) is 5.10. The van der Waals surface area contributed by atoms with E-state index >= 15 is 0 Å². The Morgan fingerprint density at radius 2 is 1.71 bits per heavy atom. The molecule has 7 rings (SSSR count). The number of nitrogens with one attached hydrogen (secondary N) is 1. The molecule has 2 aliphatic rings. The molecule has 5 aromatic rings. The monoisotopic (exact) mass is 586 g/mol. The number of hydrogen-bond acceptors (Lipinski definition) is 7. The van der Waals surface area contributed by atoms with Crippen molar-refractivity contribution in [2.75, 3.05) is 36.4 Å². The van der Waals surface area contributed by atoms with Crippen LogP contribution in [0, 0.1) is 0 Å². The fourth-order valence-electron chi connectivity index (χ4n) is 5.66. The first-order valence-electron chi connectivity index (χ1n) is 13.6. The largest absolute Gasteiger partial charge is 0.433 e. The van der Waals surface area contributed by atoms with Crippen LogP contribution < -0.4 is 10.2 Å². The van der Waals surface area contributed by atoms with Gasteiger partial charge in [-0.25, -0.2) is 9.97 Å². The molecule has 0 bridgehead atoms. The van der Waals surface area contributed by atoms with Crippen LogP contribution in [-0.4, -0.2) is 51.9 Å². The van der Waals surface area contributed by atoms with Crippen molar-refractivity contribution in [3.05, 3.63) is 100 Å². The number of alkyl halides is 3. The molecule has 0 radical (unpaired) electrons. The second-order valence-electron chi connectivity index (χ2n) is 10.5. The molecule has 0 unspecified atom stereocenters. The van der Waals surface area contributed by atoms with Crippen molar-refractivity contribution in [1.29, 1.82) is 0 Å². The average Bonchev–Trinajstić information content (AvgIpc) is 3.65. The van der Waals surface area contributed by atoms with Gasteiger partial charge in [0.25, 0.3) is 5.91 Å². The van der Waals surface area contributed by atoms with Crippen LogP contribution in [0.15, 0.2) is 72.4 Å². The van der Waals surface area contributed by atoms with Crippen LogP contribution in [0.5, 0.6) is 0 Å². The maximum Gasteiger partial charge on any atom is 0.433 e. The second kappa shape index (κ2) is 10.5. The van der Waals surface area contributed by atoms with E-state index in [1.165, 1.54) is 34.2 Å². The zero-order chi connectivity index (χ0) is 28.8. The van der Waals surface area contributed by atoms with Crippen LogP contribution in [0.3, 0.4) is 0 Å². The Morgan fingerprint density at radius 1 is 0.929 bits per heavy atom. The van der Waals surface area contributed by atoms with E-state index in [0.717, 1.165) is 41.1 Å². The summed E-state index contributed by atoms with van der Waals surface area (Å²) in [5, 5.41) is 5.02. The number of aromatic nitrogens is 3. The summed E-state index contributed by atoms with van der Waals surface area (Å²) in [6.07, 6.45) is -2.31. The Balaban J connectivity index is 1.01. The number of amides is 1. The number of hydrogen-bond donors (Lipinski definition) is 1. The standard InChI is InChI=1S/C31H25F3N6OS/c32-31(33,34)26-15-27(38-29(37-26)25-16-35-18-42-25)40-12-10-39(11-13-40)17-20-6-4-19(5-7-20)14-21-8-9-24-28-22(21)2-1-3-23(28)30(41)36-24/h1-9,15-16,18H,10-14,17H2,(H,36,41). The first kappa shape index (κ1) is 26.5. The lowest BCUT2D eigenvalue weighted by molar-refractivity contribution is -0.141. The van der Waals surface area contributed by atoms with Gasteiger partial charge in [0.05, 0.1) is 10.4 Å². The Bertz CT molecular complexity index is 1780. The summed E-state index contributed by atoms with van der Waals surface area (Å²) in [6.45, 7) is 3.30. The summed E-state index contributed by atoms with van der Waals surface area (Å²) in [5.41, 5.74) is 5.73. The van der Waals surface area contributed by atoms with E-state index in [1.54, 1.807) is 5.51 Å². The molecule has 1 fully saturated rings. The number of carbonyl (C=O) groups excluding carboxylic acids is 1. The lowest BCUT2D eigenvalue weighted by Crippen LogP contribution is -2.46. The van der Waals surface area contributed by atoms with Gasteiger partial charge in [-0.1, -0.05) is 42.5 Å². The summed E-state index contributed by atoms with van der Waals surface area (Å²) in [6, 6.07) is 19.5.